The van der Waals surface area contributed by atoms with Gasteiger partial charge in [0.05, 0.1) is 6.10 Å². The van der Waals surface area contributed by atoms with Crippen molar-refractivity contribution in [1.82, 2.24) is 4.90 Å². The highest BCUT2D eigenvalue weighted by atomic mass is 32.2. The van der Waals surface area contributed by atoms with Crippen LogP contribution < -0.4 is 0 Å². The Labute approximate surface area is 180 Å². The molecule has 8 nitrogen and oxygen atoms in total. The van der Waals surface area contributed by atoms with Gasteiger partial charge in [0, 0.05) is 13.1 Å². The van der Waals surface area contributed by atoms with Crippen LogP contribution in [0.25, 0.3) is 0 Å². The summed E-state index contributed by atoms with van der Waals surface area (Å²) in [6.45, 7) is 9.47. The zero-order chi connectivity index (χ0) is 23.4. The van der Waals surface area contributed by atoms with Crippen LogP contribution in [0, 0.1) is 11.8 Å². The first-order valence-electron chi connectivity index (χ1n) is 10.3. The van der Waals surface area contributed by atoms with E-state index in [4.69, 9.17) is 14.2 Å². The second-order valence-corrected chi connectivity index (χ2v) is 11.4. The molecule has 0 radical (unpaired) electrons. The monoisotopic (exact) mass is 473 g/mol. The van der Waals surface area contributed by atoms with E-state index in [1.54, 1.807) is 39.5 Å². The number of nitrogens with zero attached hydrogens (tertiary/aromatic N) is 1. The summed E-state index contributed by atoms with van der Waals surface area (Å²) in [6, 6.07) is 0. The summed E-state index contributed by atoms with van der Waals surface area (Å²) >= 11 is 0. The maximum atomic E-state index is 12.8. The van der Waals surface area contributed by atoms with E-state index in [0.717, 1.165) is 0 Å². The number of ether oxygens (including phenoxy) is 3. The lowest BCUT2D eigenvalue weighted by Crippen LogP contribution is -2.44. The molecule has 3 aliphatic rings. The highest BCUT2D eigenvalue weighted by molar-refractivity contribution is 7.87. The lowest BCUT2D eigenvalue weighted by Gasteiger charge is -2.37. The maximum Gasteiger partial charge on any atom is 0.523 e. The molecule has 1 aliphatic carbocycles. The Hall–Kier alpha value is -1.11. The van der Waals surface area contributed by atoms with Gasteiger partial charge in [-0.15, -0.1) is 0 Å². The second kappa shape index (κ2) is 8.03. The second-order valence-electron chi connectivity index (χ2n) is 9.80. The third-order valence-electron chi connectivity index (χ3n) is 5.79. The SMILES string of the molecule is CC(C)(C)OC(=O)N1CCC([C@H]2C[C@H](OS(=O)(=O)C(F)(F)F)[C@@H]3OC(C)(C)O[C@@H]32)CC1. The van der Waals surface area contributed by atoms with Crippen molar-refractivity contribution in [2.45, 2.75) is 89.1 Å². The molecule has 0 bridgehead atoms. The average Bonchev–Trinajstić information content (AvgIpc) is 3.06. The fraction of sp³-hybridized carbons (Fsp3) is 0.947. The van der Waals surface area contributed by atoms with Crippen molar-refractivity contribution in [3.63, 3.8) is 0 Å². The van der Waals surface area contributed by atoms with Gasteiger partial charge in [0.25, 0.3) is 0 Å². The van der Waals surface area contributed by atoms with Crippen molar-refractivity contribution in [1.29, 1.82) is 0 Å². The number of hydrogen-bond donors (Lipinski definition) is 0. The molecule has 0 N–H and O–H groups in total. The Morgan fingerprint density at radius 1 is 1.06 bits per heavy atom. The van der Waals surface area contributed by atoms with E-state index in [9.17, 15) is 26.4 Å². The summed E-state index contributed by atoms with van der Waals surface area (Å²) in [6.07, 6.45) is -1.94. The van der Waals surface area contributed by atoms with E-state index >= 15 is 0 Å². The smallest absolute Gasteiger partial charge is 0.444 e. The van der Waals surface area contributed by atoms with Crippen molar-refractivity contribution in [3.05, 3.63) is 0 Å². The van der Waals surface area contributed by atoms with Gasteiger partial charge < -0.3 is 19.1 Å². The minimum Gasteiger partial charge on any atom is -0.444 e. The van der Waals surface area contributed by atoms with Gasteiger partial charge in [-0.2, -0.15) is 21.6 Å². The molecule has 0 aromatic rings. The van der Waals surface area contributed by atoms with E-state index in [1.165, 1.54) is 0 Å². The van der Waals surface area contributed by atoms with Gasteiger partial charge in [0.1, 0.15) is 17.8 Å². The largest absolute Gasteiger partial charge is 0.523 e. The van der Waals surface area contributed by atoms with Gasteiger partial charge in [0.2, 0.25) is 0 Å². The summed E-state index contributed by atoms with van der Waals surface area (Å²) < 4.78 is 83.2. The Bertz CT molecular complexity index is 785. The first-order valence-corrected chi connectivity index (χ1v) is 11.7. The molecule has 31 heavy (non-hydrogen) atoms. The van der Waals surface area contributed by atoms with Gasteiger partial charge >= 0.3 is 21.7 Å². The third-order valence-corrected chi connectivity index (χ3v) is 6.85. The van der Waals surface area contributed by atoms with Crippen LogP contribution in [0.2, 0.25) is 0 Å². The summed E-state index contributed by atoms with van der Waals surface area (Å²) in [5.74, 6) is -1.29. The maximum absolute atomic E-state index is 12.8. The molecule has 2 heterocycles. The Kier molecular flexibility index (Phi) is 6.36. The van der Waals surface area contributed by atoms with Crippen molar-refractivity contribution < 1.29 is 44.8 Å². The average molecular weight is 474 g/mol. The highest BCUT2D eigenvalue weighted by Gasteiger charge is 2.59. The zero-order valence-electron chi connectivity index (χ0n) is 18.3. The quantitative estimate of drug-likeness (QED) is 0.458. The van der Waals surface area contributed by atoms with Crippen LogP contribution in [-0.2, 0) is 28.5 Å². The fourth-order valence-electron chi connectivity index (χ4n) is 4.58. The van der Waals surface area contributed by atoms with Crippen molar-refractivity contribution in [3.8, 4) is 0 Å². The van der Waals surface area contributed by atoms with Crippen LogP contribution in [0.5, 0.6) is 0 Å². The van der Waals surface area contributed by atoms with Crippen LogP contribution in [-0.4, -0.2) is 67.7 Å². The lowest BCUT2D eigenvalue weighted by atomic mass is 9.82. The summed E-state index contributed by atoms with van der Waals surface area (Å²) in [4.78, 5) is 13.9. The van der Waals surface area contributed by atoms with E-state index in [2.05, 4.69) is 4.18 Å². The predicted molar refractivity (Wildman–Crippen MR) is 102 cm³/mol. The van der Waals surface area contributed by atoms with Gasteiger partial charge in [0.15, 0.2) is 5.79 Å². The Morgan fingerprint density at radius 2 is 1.61 bits per heavy atom. The Morgan fingerprint density at radius 3 is 2.13 bits per heavy atom. The molecule has 0 aromatic carbocycles. The minimum absolute atomic E-state index is 0.0193. The minimum atomic E-state index is -5.75. The normalized spacial score (nSPS) is 32.2. The number of carbonyl (C=O) groups excluding carboxylic acids is 1. The highest BCUT2D eigenvalue weighted by Crippen LogP contribution is 2.48. The number of amides is 1. The van der Waals surface area contributed by atoms with E-state index in [-0.39, 0.29) is 18.3 Å². The zero-order valence-corrected chi connectivity index (χ0v) is 19.1. The molecular formula is C19H30F3NO7S. The number of halogens is 3. The molecule has 4 atom stereocenters. The van der Waals surface area contributed by atoms with Crippen molar-refractivity contribution in [2.75, 3.05) is 13.1 Å². The number of piperidine rings is 1. The number of fused-ring (bicyclic) bond motifs is 1. The van der Waals surface area contributed by atoms with Gasteiger partial charge in [-0.3, -0.25) is 4.18 Å². The van der Waals surface area contributed by atoms with Gasteiger partial charge in [-0.05, 0) is 65.7 Å². The summed E-state index contributed by atoms with van der Waals surface area (Å²) in [5.41, 5.74) is -6.12. The first kappa shape index (κ1) is 24.5. The predicted octanol–water partition coefficient (Wildman–Crippen LogP) is 3.41. The van der Waals surface area contributed by atoms with Crippen LogP contribution in [0.4, 0.5) is 18.0 Å². The molecule has 3 rings (SSSR count). The molecule has 180 valence electrons. The number of alkyl halides is 3. The molecule has 0 aromatic heterocycles. The molecule has 3 fully saturated rings. The van der Waals surface area contributed by atoms with Gasteiger partial charge in [-0.25, -0.2) is 4.79 Å². The molecule has 0 spiro atoms. The third kappa shape index (κ3) is 5.45. The first-order chi connectivity index (χ1) is 14.0. The molecular weight excluding hydrogens is 443 g/mol. The van der Waals surface area contributed by atoms with Crippen molar-refractivity contribution >= 4 is 16.2 Å². The molecule has 12 heteroatoms. The van der Waals surface area contributed by atoms with Crippen LogP contribution in [0.15, 0.2) is 0 Å². The number of hydrogen-bond acceptors (Lipinski definition) is 7. The van der Waals surface area contributed by atoms with Crippen molar-refractivity contribution in [2.24, 2.45) is 11.8 Å². The lowest BCUT2D eigenvalue weighted by molar-refractivity contribution is -0.168. The molecule has 0 unspecified atom stereocenters. The van der Waals surface area contributed by atoms with Crippen LogP contribution in [0.1, 0.15) is 53.9 Å². The molecule has 1 amide bonds. The number of carbonyl (C=O) groups is 1. The number of likely N-dealkylation sites (tertiary alicyclic amines) is 1. The molecule has 2 saturated heterocycles. The van der Waals surface area contributed by atoms with E-state index in [1.807, 2.05) is 0 Å². The Balaban J connectivity index is 1.69. The molecule has 2 aliphatic heterocycles. The summed E-state index contributed by atoms with van der Waals surface area (Å²) in [5, 5.41) is 0. The fourth-order valence-corrected chi connectivity index (χ4v) is 5.20. The van der Waals surface area contributed by atoms with E-state index < -0.39 is 51.4 Å². The number of rotatable bonds is 3. The topological polar surface area (TPSA) is 91.4 Å². The van der Waals surface area contributed by atoms with Crippen LogP contribution >= 0.6 is 0 Å². The standard InChI is InChI=1S/C19H30F3NO7S/c1-17(2,3)29-16(24)23-8-6-11(7-9-23)12-10-13(30-31(25,26)19(20,21)22)15-14(12)27-18(4,5)28-15/h11-15H,6-10H2,1-5H3/t12-,13+,14-,15+/m1/s1. The van der Waals surface area contributed by atoms with Crippen LogP contribution in [0.3, 0.4) is 0 Å². The van der Waals surface area contributed by atoms with E-state index in [0.29, 0.717) is 25.9 Å². The van der Waals surface area contributed by atoms with Gasteiger partial charge in [-0.1, -0.05) is 0 Å². The summed E-state index contributed by atoms with van der Waals surface area (Å²) in [7, 11) is -5.75. The molecule has 1 saturated carbocycles.